The maximum Gasteiger partial charge on any atom is 0.255 e. The molecule has 0 radical (unpaired) electrons. The van der Waals surface area contributed by atoms with Crippen LogP contribution < -0.4 is 5.56 Å². The Morgan fingerprint density at radius 3 is 2.87 bits per heavy atom. The molecule has 3 aliphatic heterocycles. The van der Waals surface area contributed by atoms with Crippen LogP contribution in [0.25, 0.3) is 0 Å². The zero-order valence-electron chi connectivity index (χ0n) is 17.9. The summed E-state index contributed by atoms with van der Waals surface area (Å²) in [5.74, 6) is 1.68. The van der Waals surface area contributed by atoms with Gasteiger partial charge in [-0.25, -0.2) is 0 Å². The van der Waals surface area contributed by atoms with Crippen molar-refractivity contribution in [2.45, 2.75) is 44.8 Å². The standard InChI is InChI=1S/C23H33N5O2/c1-26(11-17-5-8-30-9-6-17)14-19-2-3-22-20-10-18(13-28(22)23(19)29)12-27(15-20)16-21-4-7-24-25-21/h2-4,7,17-18,20H,5-6,8-16H2,1H3,(H,24,25)/t18-,20+/m0/s1. The molecule has 1 N–H and O–H groups in total. The highest BCUT2D eigenvalue weighted by atomic mass is 16.5. The second-order valence-corrected chi connectivity index (χ2v) is 9.53. The van der Waals surface area contributed by atoms with Crippen molar-refractivity contribution in [3.8, 4) is 0 Å². The Morgan fingerprint density at radius 2 is 2.07 bits per heavy atom. The maximum absolute atomic E-state index is 13.3. The van der Waals surface area contributed by atoms with E-state index in [1.54, 1.807) is 0 Å². The van der Waals surface area contributed by atoms with Gasteiger partial charge in [-0.2, -0.15) is 5.10 Å². The second kappa shape index (κ2) is 8.65. The fraction of sp³-hybridized carbons (Fsp3) is 0.652. The highest BCUT2D eigenvalue weighted by Gasteiger charge is 2.35. The first-order chi connectivity index (χ1) is 14.7. The van der Waals surface area contributed by atoms with Crippen LogP contribution in [-0.4, -0.2) is 64.5 Å². The number of aromatic amines is 1. The normalized spacial score (nSPS) is 24.9. The first-order valence-electron chi connectivity index (χ1n) is 11.3. The molecule has 162 valence electrons. The molecule has 0 aliphatic carbocycles. The molecule has 30 heavy (non-hydrogen) atoms. The molecule has 2 aromatic rings. The van der Waals surface area contributed by atoms with Crippen molar-refractivity contribution < 1.29 is 4.74 Å². The fourth-order valence-corrected chi connectivity index (χ4v) is 5.68. The van der Waals surface area contributed by atoms with Crippen LogP contribution in [0.15, 0.2) is 29.2 Å². The Labute approximate surface area is 178 Å². The van der Waals surface area contributed by atoms with Crippen LogP contribution in [0.5, 0.6) is 0 Å². The van der Waals surface area contributed by atoms with Crippen molar-refractivity contribution in [3.63, 3.8) is 0 Å². The summed E-state index contributed by atoms with van der Waals surface area (Å²) in [6.07, 6.45) is 5.27. The zero-order valence-corrected chi connectivity index (χ0v) is 17.9. The smallest absolute Gasteiger partial charge is 0.255 e. The SMILES string of the molecule is CN(Cc1ccc2n(c1=O)C[C@H]1C[C@@H]2CN(Cc2ccn[nH]2)C1)CC1CCOCC1. The van der Waals surface area contributed by atoms with Crippen LogP contribution in [0.3, 0.4) is 0 Å². The molecule has 5 heterocycles. The van der Waals surface area contributed by atoms with E-state index in [0.717, 1.165) is 76.6 Å². The predicted molar refractivity (Wildman–Crippen MR) is 115 cm³/mol. The summed E-state index contributed by atoms with van der Waals surface area (Å²) in [7, 11) is 2.14. The number of piperidine rings is 1. The summed E-state index contributed by atoms with van der Waals surface area (Å²) < 4.78 is 7.56. The molecule has 0 unspecified atom stereocenters. The van der Waals surface area contributed by atoms with Crippen molar-refractivity contribution in [1.82, 2.24) is 24.6 Å². The van der Waals surface area contributed by atoms with Crippen LogP contribution >= 0.6 is 0 Å². The number of nitrogens with zero attached hydrogens (tertiary/aromatic N) is 4. The molecule has 2 saturated heterocycles. The van der Waals surface area contributed by atoms with Gasteiger partial charge in [0.15, 0.2) is 0 Å². The van der Waals surface area contributed by atoms with Gasteiger partial charge < -0.3 is 14.2 Å². The van der Waals surface area contributed by atoms with Crippen molar-refractivity contribution >= 4 is 0 Å². The second-order valence-electron chi connectivity index (χ2n) is 9.53. The number of aromatic nitrogens is 3. The average Bonchev–Trinajstić information content (AvgIpc) is 3.24. The van der Waals surface area contributed by atoms with E-state index in [4.69, 9.17) is 4.74 Å². The number of likely N-dealkylation sites (tertiary alicyclic amines) is 1. The third kappa shape index (κ3) is 4.24. The molecule has 2 bridgehead atoms. The number of hydrogen-bond acceptors (Lipinski definition) is 5. The lowest BCUT2D eigenvalue weighted by Gasteiger charge is -2.42. The predicted octanol–water partition coefficient (Wildman–Crippen LogP) is 2.05. The molecule has 7 heteroatoms. The fourth-order valence-electron chi connectivity index (χ4n) is 5.68. The molecule has 3 aliphatic rings. The highest BCUT2D eigenvalue weighted by Crippen LogP contribution is 2.35. The Bertz CT molecular complexity index is 903. The van der Waals surface area contributed by atoms with Crippen LogP contribution in [0.2, 0.25) is 0 Å². The molecular weight excluding hydrogens is 378 g/mol. The number of H-pyrrole nitrogens is 1. The number of ether oxygens (including phenoxy) is 1. The quantitative estimate of drug-likeness (QED) is 0.788. The first-order valence-corrected chi connectivity index (χ1v) is 11.3. The summed E-state index contributed by atoms with van der Waals surface area (Å²) >= 11 is 0. The van der Waals surface area contributed by atoms with Gasteiger partial charge in [-0.05, 0) is 50.3 Å². The molecule has 0 aromatic carbocycles. The monoisotopic (exact) mass is 411 g/mol. The zero-order chi connectivity index (χ0) is 20.5. The van der Waals surface area contributed by atoms with Gasteiger partial charge in [0.1, 0.15) is 0 Å². The van der Waals surface area contributed by atoms with Gasteiger partial charge in [-0.1, -0.05) is 6.07 Å². The van der Waals surface area contributed by atoms with Gasteiger partial charge in [-0.3, -0.25) is 14.8 Å². The van der Waals surface area contributed by atoms with Crippen LogP contribution in [-0.2, 0) is 24.4 Å². The third-order valence-electron chi connectivity index (χ3n) is 7.06. The molecule has 2 fully saturated rings. The van der Waals surface area contributed by atoms with E-state index in [2.05, 4.69) is 43.7 Å². The van der Waals surface area contributed by atoms with E-state index >= 15 is 0 Å². The lowest BCUT2D eigenvalue weighted by atomic mass is 9.83. The van der Waals surface area contributed by atoms with Gasteiger partial charge in [0.2, 0.25) is 0 Å². The van der Waals surface area contributed by atoms with E-state index < -0.39 is 0 Å². The van der Waals surface area contributed by atoms with Crippen molar-refractivity contribution in [3.05, 3.63) is 51.7 Å². The maximum atomic E-state index is 13.3. The number of fused-ring (bicyclic) bond motifs is 4. The van der Waals surface area contributed by atoms with Crippen molar-refractivity contribution in [2.24, 2.45) is 11.8 Å². The first kappa shape index (κ1) is 20.0. The summed E-state index contributed by atoms with van der Waals surface area (Å²) in [5, 5.41) is 7.14. The molecule has 2 atom stereocenters. The Balaban J connectivity index is 1.27. The minimum Gasteiger partial charge on any atom is -0.381 e. The minimum atomic E-state index is 0.225. The Hall–Kier alpha value is -1.96. The van der Waals surface area contributed by atoms with E-state index in [1.165, 1.54) is 12.1 Å². The average molecular weight is 412 g/mol. The van der Waals surface area contributed by atoms with E-state index in [9.17, 15) is 4.79 Å². The number of rotatable bonds is 6. The van der Waals surface area contributed by atoms with Gasteiger partial charge in [0.25, 0.3) is 5.56 Å². The molecule has 0 spiro atoms. The Kier molecular flexibility index (Phi) is 5.76. The molecular formula is C23H33N5O2. The summed E-state index contributed by atoms with van der Waals surface area (Å²) in [6, 6.07) is 6.36. The summed E-state index contributed by atoms with van der Waals surface area (Å²) in [6.45, 7) is 7.34. The van der Waals surface area contributed by atoms with E-state index in [-0.39, 0.29) is 5.56 Å². The van der Waals surface area contributed by atoms with Crippen LogP contribution in [0.4, 0.5) is 0 Å². The highest BCUT2D eigenvalue weighted by molar-refractivity contribution is 5.22. The molecule has 5 rings (SSSR count). The third-order valence-corrected chi connectivity index (χ3v) is 7.06. The lowest BCUT2D eigenvalue weighted by molar-refractivity contribution is 0.0549. The van der Waals surface area contributed by atoms with Crippen LogP contribution in [0.1, 0.15) is 42.1 Å². The molecule has 0 amide bonds. The van der Waals surface area contributed by atoms with Gasteiger partial charge in [-0.15, -0.1) is 0 Å². The largest absolute Gasteiger partial charge is 0.381 e. The Morgan fingerprint density at radius 1 is 1.20 bits per heavy atom. The van der Waals surface area contributed by atoms with Gasteiger partial charge in [0, 0.05) is 81.5 Å². The van der Waals surface area contributed by atoms with Gasteiger partial charge in [0.05, 0.1) is 0 Å². The number of pyridine rings is 1. The summed E-state index contributed by atoms with van der Waals surface area (Å²) in [5.41, 5.74) is 3.54. The minimum absolute atomic E-state index is 0.225. The lowest BCUT2D eigenvalue weighted by Crippen LogP contribution is -2.47. The van der Waals surface area contributed by atoms with Crippen molar-refractivity contribution in [2.75, 3.05) is 39.9 Å². The van der Waals surface area contributed by atoms with E-state index in [0.29, 0.717) is 17.8 Å². The number of nitrogens with one attached hydrogen (secondary N) is 1. The van der Waals surface area contributed by atoms with E-state index in [1.807, 2.05) is 12.3 Å². The van der Waals surface area contributed by atoms with Crippen LogP contribution in [0, 0.1) is 11.8 Å². The topological polar surface area (TPSA) is 66.4 Å². The summed E-state index contributed by atoms with van der Waals surface area (Å²) in [4.78, 5) is 18.1. The van der Waals surface area contributed by atoms with Crippen molar-refractivity contribution in [1.29, 1.82) is 0 Å². The molecule has 7 nitrogen and oxygen atoms in total. The molecule has 0 saturated carbocycles. The molecule has 2 aromatic heterocycles. The van der Waals surface area contributed by atoms with Gasteiger partial charge >= 0.3 is 0 Å². The number of hydrogen-bond donors (Lipinski definition) is 1.